The normalized spacial score (nSPS) is 22.6. The Hall–Kier alpha value is -0.140. The van der Waals surface area contributed by atoms with Crippen molar-refractivity contribution in [3.05, 3.63) is 20.8 Å². The van der Waals surface area contributed by atoms with Crippen LogP contribution in [0, 0.1) is 0 Å². The Bertz CT molecular complexity index is 402. The number of hydrogen-bond acceptors (Lipinski definition) is 4. The van der Waals surface area contributed by atoms with Gasteiger partial charge in [-0.3, -0.25) is 4.79 Å². The average Bonchev–Trinajstić information content (AvgIpc) is 2.94. The van der Waals surface area contributed by atoms with Crippen molar-refractivity contribution in [1.82, 2.24) is 10.6 Å². The smallest absolute Gasteiger partial charge is 0.237 e. The highest BCUT2D eigenvalue weighted by molar-refractivity contribution is 9.11. The van der Waals surface area contributed by atoms with E-state index in [0.717, 1.165) is 21.6 Å². The van der Waals surface area contributed by atoms with Gasteiger partial charge in [0.25, 0.3) is 0 Å². The van der Waals surface area contributed by atoms with E-state index in [1.165, 1.54) is 0 Å². The molecule has 1 saturated heterocycles. The Morgan fingerprint density at radius 3 is 3.00 bits per heavy atom. The third-order valence-electron chi connectivity index (χ3n) is 2.81. The number of carbonyl (C=O) groups is 1. The lowest BCUT2D eigenvalue weighted by Crippen LogP contribution is -2.39. The van der Waals surface area contributed by atoms with Crippen LogP contribution in [-0.2, 0) is 16.1 Å². The molecule has 0 aliphatic carbocycles. The van der Waals surface area contributed by atoms with Crippen molar-refractivity contribution in [2.75, 3.05) is 13.7 Å². The Morgan fingerprint density at radius 1 is 1.67 bits per heavy atom. The van der Waals surface area contributed by atoms with Gasteiger partial charge in [-0.25, -0.2) is 0 Å². The van der Waals surface area contributed by atoms with E-state index in [-0.39, 0.29) is 30.5 Å². The largest absolute Gasteiger partial charge is 0.380 e. The van der Waals surface area contributed by atoms with Gasteiger partial charge in [-0.1, -0.05) is 0 Å². The van der Waals surface area contributed by atoms with Crippen molar-refractivity contribution in [2.24, 2.45) is 0 Å². The van der Waals surface area contributed by atoms with E-state index in [2.05, 4.69) is 26.6 Å². The van der Waals surface area contributed by atoms with Crippen molar-refractivity contribution >= 4 is 45.6 Å². The highest BCUT2D eigenvalue weighted by atomic mass is 79.9. The first-order valence-corrected chi connectivity index (χ1v) is 7.08. The van der Waals surface area contributed by atoms with Gasteiger partial charge in [0.05, 0.1) is 22.5 Å². The number of thiophene rings is 1. The summed E-state index contributed by atoms with van der Waals surface area (Å²) >= 11 is 5.03. The van der Waals surface area contributed by atoms with E-state index < -0.39 is 0 Å². The van der Waals surface area contributed by atoms with E-state index in [0.29, 0.717) is 6.54 Å². The molecular formula is C11H16BrClN2O2S. The Balaban J connectivity index is 0.00000162. The quantitative estimate of drug-likeness (QED) is 0.867. The van der Waals surface area contributed by atoms with Crippen LogP contribution in [0.25, 0.3) is 0 Å². The fraction of sp³-hybridized carbons (Fsp3) is 0.545. The molecule has 0 radical (unpaired) electrons. The molecule has 102 valence electrons. The van der Waals surface area contributed by atoms with Gasteiger partial charge in [0, 0.05) is 18.5 Å². The van der Waals surface area contributed by atoms with Crippen molar-refractivity contribution in [1.29, 1.82) is 0 Å². The third-order valence-corrected chi connectivity index (χ3v) is 4.43. The molecule has 2 heterocycles. The molecule has 2 N–H and O–H groups in total. The molecule has 0 saturated carbocycles. The first-order valence-electron chi connectivity index (χ1n) is 5.47. The maximum absolute atomic E-state index is 11.9. The zero-order valence-corrected chi connectivity index (χ0v) is 13.2. The molecule has 1 aromatic rings. The molecule has 1 aromatic heterocycles. The molecule has 0 spiro atoms. The van der Waals surface area contributed by atoms with Crippen LogP contribution in [0.1, 0.15) is 11.3 Å². The fourth-order valence-electron chi connectivity index (χ4n) is 1.83. The van der Waals surface area contributed by atoms with Gasteiger partial charge in [0.2, 0.25) is 5.91 Å². The summed E-state index contributed by atoms with van der Waals surface area (Å²) in [5.41, 5.74) is 0. The van der Waals surface area contributed by atoms with Crippen LogP contribution >= 0.6 is 39.7 Å². The minimum Gasteiger partial charge on any atom is -0.380 e. The van der Waals surface area contributed by atoms with Gasteiger partial charge in [-0.05, 0) is 34.5 Å². The summed E-state index contributed by atoms with van der Waals surface area (Å²) in [4.78, 5) is 13.0. The molecule has 2 atom stereocenters. The number of nitrogens with one attached hydrogen (secondary N) is 2. The van der Waals surface area contributed by atoms with E-state index in [1.54, 1.807) is 18.4 Å². The minimum atomic E-state index is -0.122. The number of halogens is 2. The van der Waals surface area contributed by atoms with Crippen LogP contribution in [0.15, 0.2) is 15.9 Å². The van der Waals surface area contributed by atoms with Crippen LogP contribution in [0.3, 0.4) is 0 Å². The maximum atomic E-state index is 11.9. The highest BCUT2D eigenvalue weighted by Gasteiger charge is 2.28. The number of carbonyl (C=O) groups excluding carboxylic acids is 1. The number of ether oxygens (including phenoxy) is 1. The Labute approximate surface area is 125 Å². The summed E-state index contributed by atoms with van der Waals surface area (Å²) in [6, 6.07) is 3.87. The SMILES string of the molecule is CO[C@@H]1CN[C@@H](C(=O)NCc2ccc(Br)s2)C1.Cl. The summed E-state index contributed by atoms with van der Waals surface area (Å²) in [7, 11) is 1.68. The zero-order chi connectivity index (χ0) is 12.3. The van der Waals surface area contributed by atoms with Crippen LogP contribution in [0.5, 0.6) is 0 Å². The number of hydrogen-bond donors (Lipinski definition) is 2. The van der Waals surface area contributed by atoms with Crippen molar-refractivity contribution in [2.45, 2.75) is 25.1 Å². The maximum Gasteiger partial charge on any atom is 0.237 e. The Morgan fingerprint density at radius 2 is 2.44 bits per heavy atom. The fourth-order valence-corrected chi connectivity index (χ4v) is 3.25. The topological polar surface area (TPSA) is 50.4 Å². The summed E-state index contributed by atoms with van der Waals surface area (Å²) < 4.78 is 6.29. The van der Waals surface area contributed by atoms with E-state index >= 15 is 0 Å². The summed E-state index contributed by atoms with van der Waals surface area (Å²) in [6.07, 6.45) is 0.901. The predicted molar refractivity (Wildman–Crippen MR) is 78.3 cm³/mol. The molecule has 7 heteroatoms. The first kappa shape index (κ1) is 15.9. The zero-order valence-electron chi connectivity index (χ0n) is 9.94. The monoisotopic (exact) mass is 354 g/mol. The van der Waals surface area contributed by atoms with Gasteiger partial charge < -0.3 is 15.4 Å². The molecule has 18 heavy (non-hydrogen) atoms. The molecule has 0 bridgehead atoms. The molecular weight excluding hydrogens is 340 g/mol. The van der Waals surface area contributed by atoms with E-state index in [4.69, 9.17) is 4.74 Å². The second-order valence-corrected chi connectivity index (χ2v) is 6.53. The molecule has 1 aliphatic rings. The first-order chi connectivity index (χ1) is 8.19. The van der Waals surface area contributed by atoms with Crippen molar-refractivity contribution in [3.63, 3.8) is 0 Å². The molecule has 2 rings (SSSR count). The van der Waals surface area contributed by atoms with Crippen molar-refractivity contribution in [3.8, 4) is 0 Å². The summed E-state index contributed by atoms with van der Waals surface area (Å²) in [6.45, 7) is 1.34. The van der Waals surface area contributed by atoms with Gasteiger partial charge in [0.1, 0.15) is 0 Å². The van der Waals surface area contributed by atoms with Gasteiger partial charge in [0.15, 0.2) is 0 Å². The Kier molecular flexibility index (Phi) is 6.59. The van der Waals surface area contributed by atoms with Crippen LogP contribution in [-0.4, -0.2) is 31.7 Å². The lowest BCUT2D eigenvalue weighted by molar-refractivity contribution is -0.123. The lowest BCUT2D eigenvalue weighted by Gasteiger charge is -2.10. The van der Waals surface area contributed by atoms with Gasteiger partial charge >= 0.3 is 0 Å². The second-order valence-electron chi connectivity index (χ2n) is 3.98. The third kappa shape index (κ3) is 4.20. The van der Waals surface area contributed by atoms with Crippen LogP contribution in [0.4, 0.5) is 0 Å². The lowest BCUT2D eigenvalue weighted by atomic mass is 10.2. The van der Waals surface area contributed by atoms with Crippen LogP contribution < -0.4 is 10.6 Å². The van der Waals surface area contributed by atoms with Crippen molar-refractivity contribution < 1.29 is 9.53 Å². The predicted octanol–water partition coefficient (Wildman–Crippen LogP) is 1.93. The molecule has 0 aromatic carbocycles. The van der Waals surface area contributed by atoms with E-state index in [9.17, 15) is 4.79 Å². The van der Waals surface area contributed by atoms with E-state index in [1.807, 2.05) is 12.1 Å². The highest BCUT2D eigenvalue weighted by Crippen LogP contribution is 2.21. The van der Waals surface area contributed by atoms with Gasteiger partial charge in [-0.15, -0.1) is 23.7 Å². The average molecular weight is 356 g/mol. The number of rotatable bonds is 4. The molecule has 4 nitrogen and oxygen atoms in total. The molecule has 0 unspecified atom stereocenters. The second kappa shape index (κ2) is 7.45. The summed E-state index contributed by atoms with van der Waals surface area (Å²) in [5, 5.41) is 6.09. The standard InChI is InChI=1S/C11H15BrN2O2S.ClH/c1-16-7-4-9(13-5-7)11(15)14-6-8-2-3-10(12)17-8;/h2-3,7,9,13H,4-6H2,1H3,(H,14,15);1H/t7-,9+;/m0./s1. The molecule has 1 fully saturated rings. The molecule has 1 amide bonds. The summed E-state index contributed by atoms with van der Waals surface area (Å²) in [5.74, 6) is 0.0501. The number of methoxy groups -OCH3 is 1. The minimum absolute atomic E-state index is 0. The number of amides is 1. The van der Waals surface area contributed by atoms with Gasteiger partial charge in [-0.2, -0.15) is 0 Å². The van der Waals surface area contributed by atoms with Crippen LogP contribution in [0.2, 0.25) is 0 Å². The molecule has 1 aliphatic heterocycles.